The van der Waals surface area contributed by atoms with Crippen molar-refractivity contribution in [2.45, 2.75) is 6.18 Å². The predicted octanol–water partition coefficient (Wildman–Crippen LogP) is 4.86. The van der Waals surface area contributed by atoms with Gasteiger partial charge in [-0.05, 0) is 45.7 Å². The Hall–Kier alpha value is -1.28. The van der Waals surface area contributed by atoms with Crippen molar-refractivity contribution >= 4 is 27.5 Å². The number of rotatable bonds is 1. The van der Waals surface area contributed by atoms with E-state index in [-0.39, 0.29) is 4.47 Å². The van der Waals surface area contributed by atoms with Crippen LogP contribution < -0.4 is 0 Å². The van der Waals surface area contributed by atoms with Gasteiger partial charge in [0.1, 0.15) is 17.3 Å². The van der Waals surface area contributed by atoms with E-state index in [4.69, 9.17) is 11.6 Å². The van der Waals surface area contributed by atoms with E-state index in [1.165, 1.54) is 0 Å². The smallest absolute Gasteiger partial charge is 0.218 e. The predicted molar refractivity (Wildman–Crippen MR) is 65.1 cm³/mol. The van der Waals surface area contributed by atoms with Gasteiger partial charge in [0.25, 0.3) is 0 Å². The van der Waals surface area contributed by atoms with Gasteiger partial charge in [0, 0.05) is 0 Å². The summed E-state index contributed by atoms with van der Waals surface area (Å²) in [6.45, 7) is 0. The fourth-order valence-corrected chi connectivity index (χ4v) is 1.97. The number of nitrogens with zero attached hydrogens (tertiary/aromatic N) is 2. The molecule has 0 aliphatic carbocycles. The Morgan fingerprint density at radius 3 is 2.35 bits per heavy atom. The second-order valence-corrected chi connectivity index (χ2v) is 4.82. The molecule has 0 saturated carbocycles. The molecule has 0 amide bonds. The van der Waals surface area contributed by atoms with Crippen LogP contribution in [0.2, 0.25) is 5.28 Å². The molecule has 2 nitrogen and oxygen atoms in total. The highest BCUT2D eigenvalue weighted by atomic mass is 79.9. The van der Waals surface area contributed by atoms with Crippen LogP contribution in [0.1, 0.15) is 5.69 Å². The van der Waals surface area contributed by atoms with Gasteiger partial charge in [-0.2, -0.15) is 13.2 Å². The molecule has 0 aliphatic heterocycles. The third kappa shape index (κ3) is 2.90. The molecular formula is C11H3BrClF5N2. The van der Waals surface area contributed by atoms with Gasteiger partial charge in [-0.3, -0.25) is 0 Å². The van der Waals surface area contributed by atoms with Gasteiger partial charge >= 0.3 is 6.18 Å². The number of halogens is 7. The van der Waals surface area contributed by atoms with Crippen LogP contribution in [-0.2, 0) is 6.18 Å². The fraction of sp³-hybridized carbons (Fsp3) is 0.0909. The molecular weight excluding hydrogens is 370 g/mol. The molecule has 0 saturated heterocycles. The second kappa shape index (κ2) is 5.25. The lowest BCUT2D eigenvalue weighted by atomic mass is 10.1. The summed E-state index contributed by atoms with van der Waals surface area (Å²) < 4.78 is 65.1. The van der Waals surface area contributed by atoms with Crippen LogP contribution >= 0.6 is 27.5 Å². The number of aromatic nitrogens is 2. The lowest BCUT2D eigenvalue weighted by Gasteiger charge is -2.10. The quantitative estimate of drug-likeness (QED) is 0.405. The Labute approximate surface area is 122 Å². The van der Waals surface area contributed by atoms with Crippen LogP contribution in [0.15, 0.2) is 22.7 Å². The Morgan fingerprint density at radius 1 is 1.10 bits per heavy atom. The molecule has 20 heavy (non-hydrogen) atoms. The molecule has 1 aromatic heterocycles. The molecule has 0 atom stereocenters. The van der Waals surface area contributed by atoms with Crippen molar-refractivity contribution in [3.63, 3.8) is 0 Å². The molecule has 1 heterocycles. The van der Waals surface area contributed by atoms with Gasteiger partial charge in [-0.25, -0.2) is 18.7 Å². The molecule has 2 rings (SSSR count). The maximum absolute atomic E-state index is 13.8. The summed E-state index contributed by atoms with van der Waals surface area (Å²) in [5.74, 6) is -2.14. The van der Waals surface area contributed by atoms with Crippen LogP contribution in [0.25, 0.3) is 11.3 Å². The third-order valence-corrected chi connectivity index (χ3v) is 3.07. The Morgan fingerprint density at radius 2 is 1.75 bits per heavy atom. The van der Waals surface area contributed by atoms with E-state index in [1.54, 1.807) is 0 Å². The van der Waals surface area contributed by atoms with Gasteiger partial charge in [0.05, 0.1) is 15.7 Å². The van der Waals surface area contributed by atoms with Gasteiger partial charge in [0.2, 0.25) is 5.28 Å². The van der Waals surface area contributed by atoms with Crippen molar-refractivity contribution < 1.29 is 22.0 Å². The zero-order valence-corrected chi connectivity index (χ0v) is 11.6. The summed E-state index contributed by atoms with van der Waals surface area (Å²) in [5.41, 5.74) is -2.69. The van der Waals surface area contributed by atoms with Crippen molar-refractivity contribution in [1.82, 2.24) is 9.97 Å². The minimum Gasteiger partial charge on any atom is -0.218 e. The first-order valence-electron chi connectivity index (χ1n) is 4.96. The van der Waals surface area contributed by atoms with Crippen molar-refractivity contribution in [2.24, 2.45) is 0 Å². The lowest BCUT2D eigenvalue weighted by molar-refractivity contribution is -0.141. The van der Waals surface area contributed by atoms with E-state index in [9.17, 15) is 22.0 Å². The summed E-state index contributed by atoms with van der Waals surface area (Å²) in [4.78, 5) is 6.42. The van der Waals surface area contributed by atoms with Gasteiger partial charge < -0.3 is 0 Å². The Bertz CT molecular complexity index is 675. The normalized spacial score (nSPS) is 11.8. The Balaban J connectivity index is 2.71. The van der Waals surface area contributed by atoms with E-state index in [1.807, 2.05) is 0 Å². The molecule has 0 bridgehead atoms. The van der Waals surface area contributed by atoms with Crippen molar-refractivity contribution in [2.75, 3.05) is 0 Å². The highest BCUT2D eigenvalue weighted by Gasteiger charge is 2.34. The monoisotopic (exact) mass is 372 g/mol. The van der Waals surface area contributed by atoms with Crippen LogP contribution in [0.5, 0.6) is 0 Å². The number of benzene rings is 1. The largest absolute Gasteiger partial charge is 0.433 e. The van der Waals surface area contributed by atoms with Gasteiger partial charge in [-0.15, -0.1) is 0 Å². The molecule has 0 unspecified atom stereocenters. The SMILES string of the molecule is Fc1ccc(Br)c(F)c1-c1cc(C(F)(F)F)nc(Cl)n1. The average Bonchev–Trinajstić information content (AvgIpc) is 2.33. The minimum atomic E-state index is -4.81. The first-order chi connectivity index (χ1) is 9.20. The first kappa shape index (κ1) is 15.1. The third-order valence-electron chi connectivity index (χ3n) is 2.29. The fourth-order valence-electron chi connectivity index (χ4n) is 1.45. The highest BCUT2D eigenvalue weighted by molar-refractivity contribution is 9.10. The molecule has 9 heteroatoms. The maximum atomic E-state index is 13.8. The summed E-state index contributed by atoms with van der Waals surface area (Å²) in [6, 6.07) is 2.41. The molecule has 0 fully saturated rings. The van der Waals surface area contributed by atoms with Crippen molar-refractivity contribution in [3.8, 4) is 11.3 Å². The molecule has 1 aromatic carbocycles. The van der Waals surface area contributed by atoms with E-state index < -0.39 is 40.0 Å². The molecule has 0 spiro atoms. The van der Waals surface area contributed by atoms with E-state index >= 15 is 0 Å². The van der Waals surface area contributed by atoms with Gasteiger partial charge in [-0.1, -0.05) is 0 Å². The molecule has 0 N–H and O–H groups in total. The number of alkyl halides is 3. The molecule has 2 aromatic rings. The second-order valence-electron chi connectivity index (χ2n) is 3.62. The van der Waals surface area contributed by atoms with Crippen LogP contribution in [0.3, 0.4) is 0 Å². The number of hydrogen-bond donors (Lipinski definition) is 0. The molecule has 0 radical (unpaired) electrons. The Kier molecular flexibility index (Phi) is 3.97. The van der Waals surface area contributed by atoms with Crippen LogP contribution in [0.4, 0.5) is 22.0 Å². The maximum Gasteiger partial charge on any atom is 0.433 e. The van der Waals surface area contributed by atoms with Crippen molar-refractivity contribution in [1.29, 1.82) is 0 Å². The van der Waals surface area contributed by atoms with Crippen LogP contribution in [0, 0.1) is 11.6 Å². The first-order valence-corrected chi connectivity index (χ1v) is 6.13. The zero-order valence-electron chi connectivity index (χ0n) is 9.27. The standard InChI is InChI=1S/C11H3BrClF5N2/c12-4-1-2-5(14)8(9(4)15)6-3-7(11(16,17)18)20-10(13)19-6/h1-3H. The van der Waals surface area contributed by atoms with Gasteiger partial charge in [0.15, 0.2) is 0 Å². The zero-order chi connectivity index (χ0) is 15.1. The molecule has 106 valence electrons. The summed E-state index contributed by atoms with van der Waals surface area (Å²) >= 11 is 8.19. The van der Waals surface area contributed by atoms with E-state index in [0.29, 0.717) is 6.07 Å². The average molecular weight is 374 g/mol. The highest BCUT2D eigenvalue weighted by Crippen LogP contribution is 2.34. The molecule has 0 aliphatic rings. The van der Waals surface area contributed by atoms with Crippen LogP contribution in [-0.4, -0.2) is 9.97 Å². The lowest BCUT2D eigenvalue weighted by Crippen LogP contribution is -2.09. The summed E-state index contributed by atoms with van der Waals surface area (Å²) in [7, 11) is 0. The van der Waals surface area contributed by atoms with Crippen molar-refractivity contribution in [3.05, 3.63) is 45.3 Å². The minimum absolute atomic E-state index is 0.114. The van der Waals surface area contributed by atoms with E-state index in [2.05, 4.69) is 25.9 Å². The number of hydrogen-bond acceptors (Lipinski definition) is 2. The summed E-state index contributed by atoms with van der Waals surface area (Å²) in [6.07, 6.45) is -4.81. The topological polar surface area (TPSA) is 25.8 Å². The van der Waals surface area contributed by atoms with E-state index in [0.717, 1.165) is 12.1 Å². The summed E-state index contributed by atoms with van der Waals surface area (Å²) in [5, 5.41) is -0.756.